The van der Waals surface area contributed by atoms with Crippen LogP contribution in [0.25, 0.3) is 11.0 Å². The molecule has 22 heavy (non-hydrogen) atoms. The van der Waals surface area contributed by atoms with E-state index in [1.807, 2.05) is 6.07 Å². The highest BCUT2D eigenvalue weighted by molar-refractivity contribution is 9.10. The van der Waals surface area contributed by atoms with Crippen LogP contribution in [0.5, 0.6) is 0 Å². The molecule has 1 saturated carbocycles. The zero-order valence-corrected chi connectivity index (χ0v) is 13.8. The van der Waals surface area contributed by atoms with Crippen LogP contribution in [0.1, 0.15) is 48.9 Å². The molecule has 5 heteroatoms. The molecule has 1 heterocycles. The SMILES string of the molecule is O=C(NC1CCCCCC1)c1cc2cc(Br)ccc2oc1=O. The zero-order chi connectivity index (χ0) is 15.5. The van der Waals surface area contributed by atoms with E-state index in [0.717, 1.165) is 35.5 Å². The van der Waals surface area contributed by atoms with E-state index in [4.69, 9.17) is 4.42 Å². The first-order valence-corrected chi connectivity index (χ1v) is 8.47. The number of nitrogens with one attached hydrogen (secondary N) is 1. The summed E-state index contributed by atoms with van der Waals surface area (Å²) in [6.07, 6.45) is 6.66. The van der Waals surface area contributed by atoms with Crippen LogP contribution in [0, 0.1) is 0 Å². The minimum Gasteiger partial charge on any atom is -0.422 e. The van der Waals surface area contributed by atoms with Crippen molar-refractivity contribution in [2.75, 3.05) is 0 Å². The summed E-state index contributed by atoms with van der Waals surface area (Å²) in [5.41, 5.74) is -0.0185. The van der Waals surface area contributed by atoms with Gasteiger partial charge in [-0.3, -0.25) is 4.79 Å². The van der Waals surface area contributed by atoms with Gasteiger partial charge in [0.15, 0.2) is 0 Å². The molecule has 1 aliphatic rings. The molecule has 0 spiro atoms. The molecule has 0 unspecified atom stereocenters. The molecule has 0 aliphatic heterocycles. The van der Waals surface area contributed by atoms with Crippen LogP contribution in [-0.2, 0) is 0 Å². The highest BCUT2D eigenvalue weighted by Gasteiger charge is 2.19. The van der Waals surface area contributed by atoms with Crippen molar-refractivity contribution in [3.05, 3.63) is 44.7 Å². The lowest BCUT2D eigenvalue weighted by molar-refractivity contribution is 0.0930. The third kappa shape index (κ3) is 3.40. The second-order valence-electron chi connectivity index (χ2n) is 5.79. The lowest BCUT2D eigenvalue weighted by Crippen LogP contribution is -2.36. The molecule has 1 amide bonds. The smallest absolute Gasteiger partial charge is 0.349 e. The average Bonchev–Trinajstić information content (AvgIpc) is 2.75. The third-order valence-corrected chi connectivity index (χ3v) is 4.62. The highest BCUT2D eigenvalue weighted by Crippen LogP contribution is 2.20. The van der Waals surface area contributed by atoms with Crippen LogP contribution >= 0.6 is 15.9 Å². The number of rotatable bonds is 2. The number of hydrogen-bond donors (Lipinski definition) is 1. The molecule has 0 bridgehead atoms. The van der Waals surface area contributed by atoms with Crippen molar-refractivity contribution in [2.24, 2.45) is 0 Å². The highest BCUT2D eigenvalue weighted by atomic mass is 79.9. The lowest BCUT2D eigenvalue weighted by Gasteiger charge is -2.15. The molecule has 116 valence electrons. The predicted molar refractivity (Wildman–Crippen MR) is 89.1 cm³/mol. The lowest BCUT2D eigenvalue weighted by atomic mass is 10.1. The Kier molecular flexibility index (Phi) is 4.62. The normalized spacial score (nSPS) is 16.4. The van der Waals surface area contributed by atoms with Gasteiger partial charge in [0.25, 0.3) is 5.91 Å². The minimum absolute atomic E-state index is 0.0786. The van der Waals surface area contributed by atoms with Crippen LogP contribution in [0.4, 0.5) is 0 Å². The zero-order valence-electron chi connectivity index (χ0n) is 12.2. The molecule has 1 N–H and O–H groups in total. The van der Waals surface area contributed by atoms with Gasteiger partial charge in [-0.05, 0) is 37.1 Å². The topological polar surface area (TPSA) is 59.3 Å². The van der Waals surface area contributed by atoms with E-state index in [9.17, 15) is 9.59 Å². The van der Waals surface area contributed by atoms with E-state index in [0.29, 0.717) is 5.58 Å². The Balaban J connectivity index is 1.86. The molecule has 2 aromatic rings. The van der Waals surface area contributed by atoms with Crippen molar-refractivity contribution < 1.29 is 9.21 Å². The van der Waals surface area contributed by atoms with Gasteiger partial charge in [0.05, 0.1) is 0 Å². The van der Waals surface area contributed by atoms with Crippen molar-refractivity contribution >= 4 is 32.8 Å². The first-order valence-electron chi connectivity index (χ1n) is 7.68. The second-order valence-corrected chi connectivity index (χ2v) is 6.71. The second kappa shape index (κ2) is 6.65. The van der Waals surface area contributed by atoms with Gasteiger partial charge in [-0.1, -0.05) is 41.6 Å². The first-order chi connectivity index (χ1) is 10.6. The van der Waals surface area contributed by atoms with Gasteiger partial charge in [-0.25, -0.2) is 4.79 Å². The fourth-order valence-corrected chi connectivity index (χ4v) is 3.32. The van der Waals surface area contributed by atoms with Crippen molar-refractivity contribution in [3.8, 4) is 0 Å². The van der Waals surface area contributed by atoms with Crippen LogP contribution in [0.3, 0.4) is 0 Å². The van der Waals surface area contributed by atoms with Crippen molar-refractivity contribution in [1.29, 1.82) is 0 Å². The standard InChI is InChI=1S/C17H18BrNO3/c18-12-7-8-15-11(9-12)10-14(17(21)22-15)16(20)19-13-5-3-1-2-4-6-13/h7-10,13H,1-6H2,(H,19,20). The molecule has 1 aliphatic carbocycles. The molecule has 1 aromatic heterocycles. The Morgan fingerprint density at radius 2 is 1.86 bits per heavy atom. The van der Waals surface area contributed by atoms with Crippen LogP contribution < -0.4 is 10.9 Å². The van der Waals surface area contributed by atoms with Crippen LogP contribution in [-0.4, -0.2) is 11.9 Å². The number of carbonyl (C=O) groups excluding carboxylic acids is 1. The van der Waals surface area contributed by atoms with Gasteiger partial charge in [0, 0.05) is 15.9 Å². The van der Waals surface area contributed by atoms with Crippen molar-refractivity contribution in [1.82, 2.24) is 5.32 Å². The molecule has 0 radical (unpaired) electrons. The number of hydrogen-bond acceptors (Lipinski definition) is 3. The molecular formula is C17H18BrNO3. The van der Waals surface area contributed by atoms with E-state index < -0.39 is 5.63 Å². The molecule has 1 fully saturated rings. The van der Waals surface area contributed by atoms with Gasteiger partial charge < -0.3 is 9.73 Å². The molecule has 0 atom stereocenters. The number of benzene rings is 1. The Bertz CT molecular complexity index is 745. The quantitative estimate of drug-likeness (QED) is 0.647. The van der Waals surface area contributed by atoms with Crippen LogP contribution in [0.2, 0.25) is 0 Å². The summed E-state index contributed by atoms with van der Waals surface area (Å²) in [5.74, 6) is -0.331. The summed E-state index contributed by atoms with van der Waals surface area (Å²) in [4.78, 5) is 24.4. The molecule has 0 saturated heterocycles. The van der Waals surface area contributed by atoms with E-state index in [1.54, 1.807) is 18.2 Å². The minimum atomic E-state index is -0.582. The Morgan fingerprint density at radius 1 is 1.14 bits per heavy atom. The summed E-state index contributed by atoms with van der Waals surface area (Å²) in [6, 6.07) is 7.12. The number of fused-ring (bicyclic) bond motifs is 1. The summed E-state index contributed by atoms with van der Waals surface area (Å²) in [7, 11) is 0. The average molecular weight is 364 g/mol. The van der Waals surface area contributed by atoms with E-state index in [1.165, 1.54) is 12.8 Å². The fraction of sp³-hybridized carbons (Fsp3) is 0.412. The molecule has 1 aromatic carbocycles. The summed E-state index contributed by atoms with van der Waals surface area (Å²) in [6.45, 7) is 0. The third-order valence-electron chi connectivity index (χ3n) is 4.13. The fourth-order valence-electron chi connectivity index (χ4n) is 2.94. The Hall–Kier alpha value is -1.62. The van der Waals surface area contributed by atoms with E-state index in [2.05, 4.69) is 21.2 Å². The first kappa shape index (κ1) is 15.3. The van der Waals surface area contributed by atoms with Gasteiger partial charge in [0.1, 0.15) is 11.1 Å². The molecule has 3 rings (SSSR count). The summed E-state index contributed by atoms with van der Waals surface area (Å²) in [5, 5.41) is 3.72. The number of amides is 1. The monoisotopic (exact) mass is 363 g/mol. The van der Waals surface area contributed by atoms with E-state index >= 15 is 0 Å². The van der Waals surface area contributed by atoms with Crippen LogP contribution in [0.15, 0.2) is 37.9 Å². The largest absolute Gasteiger partial charge is 0.422 e. The summed E-state index contributed by atoms with van der Waals surface area (Å²) >= 11 is 3.38. The van der Waals surface area contributed by atoms with Gasteiger partial charge in [-0.15, -0.1) is 0 Å². The maximum atomic E-state index is 12.4. The predicted octanol–water partition coefficient (Wildman–Crippen LogP) is 4.01. The maximum Gasteiger partial charge on any atom is 0.349 e. The van der Waals surface area contributed by atoms with Crippen molar-refractivity contribution in [2.45, 2.75) is 44.6 Å². The van der Waals surface area contributed by atoms with Crippen molar-refractivity contribution in [3.63, 3.8) is 0 Å². The van der Waals surface area contributed by atoms with Gasteiger partial charge in [0.2, 0.25) is 0 Å². The number of carbonyl (C=O) groups is 1. The molecular weight excluding hydrogens is 346 g/mol. The van der Waals surface area contributed by atoms with Gasteiger partial charge >= 0.3 is 5.63 Å². The molecule has 4 nitrogen and oxygen atoms in total. The van der Waals surface area contributed by atoms with Gasteiger partial charge in [-0.2, -0.15) is 0 Å². The maximum absolute atomic E-state index is 12.4. The number of halogens is 1. The Labute approximate surface area is 137 Å². The van der Waals surface area contributed by atoms with E-state index in [-0.39, 0.29) is 17.5 Å². The summed E-state index contributed by atoms with van der Waals surface area (Å²) < 4.78 is 6.12. The Morgan fingerprint density at radius 3 is 2.59 bits per heavy atom.